The molecule has 0 aromatic rings. The minimum atomic E-state index is 0.366. The maximum Gasteiger partial charge on any atom is 0.0220 e. The number of hydrogen-bond donors (Lipinski definition) is 0. The summed E-state index contributed by atoms with van der Waals surface area (Å²) in [5, 5.41) is 0. The predicted molar refractivity (Wildman–Crippen MR) is 56.1 cm³/mol. The molecule has 0 rings (SSSR count). The predicted octanol–water partition coefficient (Wildman–Crippen LogP) is 3.28. The van der Waals surface area contributed by atoms with Crippen molar-refractivity contribution in [1.29, 1.82) is 0 Å². The fourth-order valence-electron chi connectivity index (χ4n) is 1.30. The zero-order chi connectivity index (χ0) is 9.78. The molecule has 72 valence electrons. The molecule has 0 saturated heterocycles. The van der Waals surface area contributed by atoms with Crippen molar-refractivity contribution in [2.24, 2.45) is 5.41 Å². The van der Waals surface area contributed by atoms with E-state index in [1.807, 2.05) is 0 Å². The zero-order valence-electron chi connectivity index (χ0n) is 9.28. The third kappa shape index (κ3) is 5.22. The van der Waals surface area contributed by atoms with Gasteiger partial charge in [0.1, 0.15) is 0 Å². The van der Waals surface area contributed by atoms with Gasteiger partial charge in [-0.25, -0.2) is 0 Å². The van der Waals surface area contributed by atoms with Crippen molar-refractivity contribution in [3.05, 3.63) is 12.3 Å². The summed E-state index contributed by atoms with van der Waals surface area (Å²) in [6, 6.07) is 0. The van der Waals surface area contributed by atoms with Gasteiger partial charge >= 0.3 is 0 Å². The fraction of sp³-hybridized carbons (Fsp3) is 0.818. The first kappa shape index (κ1) is 11.5. The van der Waals surface area contributed by atoms with Crippen molar-refractivity contribution in [3.63, 3.8) is 0 Å². The minimum absolute atomic E-state index is 0.366. The number of rotatable bonds is 4. The maximum atomic E-state index is 4.05. The van der Waals surface area contributed by atoms with E-state index in [-0.39, 0.29) is 0 Å². The lowest BCUT2D eigenvalue weighted by Crippen LogP contribution is -2.28. The van der Waals surface area contributed by atoms with E-state index in [1.165, 1.54) is 12.1 Å². The summed E-state index contributed by atoms with van der Waals surface area (Å²) in [6.45, 7) is 14.1. The second kappa shape index (κ2) is 4.54. The summed E-state index contributed by atoms with van der Waals surface area (Å²) < 4.78 is 0. The van der Waals surface area contributed by atoms with Gasteiger partial charge in [-0.1, -0.05) is 40.7 Å². The molecule has 0 bridgehead atoms. The molecule has 0 spiro atoms. The highest BCUT2D eigenvalue weighted by Gasteiger charge is 2.13. The highest BCUT2D eigenvalue weighted by atomic mass is 15.1. The first-order chi connectivity index (χ1) is 5.37. The molecule has 0 aromatic heterocycles. The molecule has 0 aliphatic heterocycles. The van der Waals surface area contributed by atoms with Crippen LogP contribution in [0.3, 0.4) is 0 Å². The van der Waals surface area contributed by atoms with Crippen molar-refractivity contribution in [2.75, 3.05) is 13.6 Å². The average Bonchev–Trinajstić information content (AvgIpc) is 1.84. The molecule has 0 aromatic carbocycles. The van der Waals surface area contributed by atoms with Gasteiger partial charge in [-0.3, -0.25) is 0 Å². The van der Waals surface area contributed by atoms with Crippen LogP contribution in [0, 0.1) is 5.41 Å². The summed E-state index contributed by atoms with van der Waals surface area (Å²) in [4.78, 5) is 2.27. The van der Waals surface area contributed by atoms with Gasteiger partial charge in [0.05, 0.1) is 0 Å². The molecule has 1 nitrogen and oxygen atoms in total. The second-order valence-corrected chi connectivity index (χ2v) is 4.73. The van der Waals surface area contributed by atoms with E-state index >= 15 is 0 Å². The van der Waals surface area contributed by atoms with Crippen molar-refractivity contribution in [2.45, 2.75) is 40.5 Å². The normalized spacial score (nSPS) is 11.4. The first-order valence-electron chi connectivity index (χ1n) is 4.75. The summed E-state index contributed by atoms with van der Waals surface area (Å²) in [6.07, 6.45) is 2.31. The minimum Gasteiger partial charge on any atom is -0.378 e. The highest BCUT2D eigenvalue weighted by Crippen LogP contribution is 2.17. The Labute approximate surface area is 77.5 Å². The average molecular weight is 169 g/mol. The molecule has 0 fully saturated rings. The summed E-state index contributed by atoms with van der Waals surface area (Å²) in [5.41, 5.74) is 1.62. The molecule has 0 N–H and O–H groups in total. The van der Waals surface area contributed by atoms with E-state index in [4.69, 9.17) is 0 Å². The van der Waals surface area contributed by atoms with Gasteiger partial charge in [0.15, 0.2) is 0 Å². The quantitative estimate of drug-likeness (QED) is 0.624. The second-order valence-electron chi connectivity index (χ2n) is 4.73. The first-order valence-corrected chi connectivity index (χ1v) is 4.75. The molecular weight excluding hydrogens is 146 g/mol. The largest absolute Gasteiger partial charge is 0.378 e. The van der Waals surface area contributed by atoms with E-state index in [0.717, 1.165) is 13.0 Å². The lowest BCUT2D eigenvalue weighted by Gasteiger charge is -2.29. The molecule has 0 saturated carbocycles. The molecule has 0 heterocycles. The maximum absolute atomic E-state index is 4.05. The van der Waals surface area contributed by atoms with Crippen LogP contribution in [0.1, 0.15) is 40.5 Å². The Morgan fingerprint density at radius 2 is 1.83 bits per heavy atom. The van der Waals surface area contributed by atoms with Gasteiger partial charge in [0.25, 0.3) is 0 Å². The Bertz CT molecular complexity index is 142. The van der Waals surface area contributed by atoms with Crippen LogP contribution in [-0.2, 0) is 0 Å². The van der Waals surface area contributed by atoms with Crippen LogP contribution in [0.25, 0.3) is 0 Å². The SMILES string of the molecule is C=C(CCC)N(C)CC(C)(C)C. The van der Waals surface area contributed by atoms with E-state index in [0.29, 0.717) is 5.41 Å². The van der Waals surface area contributed by atoms with Crippen molar-refractivity contribution < 1.29 is 0 Å². The smallest absolute Gasteiger partial charge is 0.0220 e. The van der Waals surface area contributed by atoms with Gasteiger partial charge in [-0.05, 0) is 11.8 Å². The lowest BCUT2D eigenvalue weighted by atomic mass is 9.96. The van der Waals surface area contributed by atoms with Gasteiger partial charge in [0, 0.05) is 19.3 Å². The van der Waals surface area contributed by atoms with E-state index in [9.17, 15) is 0 Å². The molecule has 1 heteroatoms. The van der Waals surface area contributed by atoms with Crippen molar-refractivity contribution >= 4 is 0 Å². The Balaban J connectivity index is 3.87. The molecule has 0 atom stereocenters. The lowest BCUT2D eigenvalue weighted by molar-refractivity contribution is 0.263. The molecule has 0 unspecified atom stereocenters. The van der Waals surface area contributed by atoms with Crippen LogP contribution in [0.5, 0.6) is 0 Å². The van der Waals surface area contributed by atoms with Crippen LogP contribution in [0.15, 0.2) is 12.3 Å². The standard InChI is InChI=1S/C11H23N/c1-7-8-10(2)12(6)9-11(3,4)5/h2,7-9H2,1,3-6H3. The van der Waals surface area contributed by atoms with Crippen LogP contribution in [0.4, 0.5) is 0 Å². The number of nitrogens with zero attached hydrogens (tertiary/aromatic N) is 1. The number of allylic oxidation sites excluding steroid dienone is 1. The van der Waals surface area contributed by atoms with Gasteiger partial charge < -0.3 is 4.90 Å². The summed E-state index contributed by atoms with van der Waals surface area (Å²) in [5.74, 6) is 0. The Morgan fingerprint density at radius 1 is 1.33 bits per heavy atom. The highest BCUT2D eigenvalue weighted by molar-refractivity contribution is 4.92. The Morgan fingerprint density at radius 3 is 2.17 bits per heavy atom. The fourth-order valence-corrected chi connectivity index (χ4v) is 1.30. The van der Waals surface area contributed by atoms with E-state index < -0.39 is 0 Å². The summed E-state index contributed by atoms with van der Waals surface area (Å²) >= 11 is 0. The van der Waals surface area contributed by atoms with Gasteiger partial charge in [-0.15, -0.1) is 0 Å². The molecule has 0 aliphatic rings. The molecule has 0 aliphatic carbocycles. The van der Waals surface area contributed by atoms with Crippen LogP contribution >= 0.6 is 0 Å². The molecule has 12 heavy (non-hydrogen) atoms. The Hall–Kier alpha value is -0.460. The molecule has 0 radical (unpaired) electrons. The van der Waals surface area contributed by atoms with Crippen LogP contribution in [0.2, 0.25) is 0 Å². The Kier molecular flexibility index (Phi) is 4.36. The van der Waals surface area contributed by atoms with Crippen LogP contribution < -0.4 is 0 Å². The molecular formula is C11H23N. The summed E-state index contributed by atoms with van der Waals surface area (Å²) in [7, 11) is 2.13. The zero-order valence-corrected chi connectivity index (χ0v) is 9.28. The van der Waals surface area contributed by atoms with E-state index in [1.54, 1.807) is 0 Å². The van der Waals surface area contributed by atoms with Crippen molar-refractivity contribution in [3.8, 4) is 0 Å². The van der Waals surface area contributed by atoms with Crippen LogP contribution in [-0.4, -0.2) is 18.5 Å². The van der Waals surface area contributed by atoms with Gasteiger partial charge in [0.2, 0.25) is 0 Å². The van der Waals surface area contributed by atoms with Crippen molar-refractivity contribution in [1.82, 2.24) is 4.90 Å². The monoisotopic (exact) mass is 169 g/mol. The van der Waals surface area contributed by atoms with E-state index in [2.05, 4.69) is 46.2 Å². The third-order valence-electron chi connectivity index (χ3n) is 1.79. The third-order valence-corrected chi connectivity index (χ3v) is 1.79. The molecule has 0 amide bonds. The topological polar surface area (TPSA) is 3.24 Å². The van der Waals surface area contributed by atoms with Gasteiger partial charge in [-0.2, -0.15) is 0 Å². The number of hydrogen-bond acceptors (Lipinski definition) is 1.